The minimum Gasteiger partial charge on any atom is -0.381 e. The van der Waals surface area contributed by atoms with Gasteiger partial charge < -0.3 is 5.32 Å². The van der Waals surface area contributed by atoms with Crippen molar-refractivity contribution in [3.63, 3.8) is 0 Å². The van der Waals surface area contributed by atoms with Gasteiger partial charge in [-0.15, -0.1) is 0 Å². The van der Waals surface area contributed by atoms with Gasteiger partial charge in [-0.1, -0.05) is 6.07 Å². The fourth-order valence-electron chi connectivity index (χ4n) is 2.22. The first kappa shape index (κ1) is 9.64. The molecule has 1 aromatic carbocycles. The Balaban J connectivity index is 2.06. The molecule has 0 amide bonds. The molecule has 0 radical (unpaired) electrons. The van der Waals surface area contributed by atoms with Crippen molar-refractivity contribution < 1.29 is 0 Å². The summed E-state index contributed by atoms with van der Waals surface area (Å²) in [7, 11) is 0. The van der Waals surface area contributed by atoms with Crippen LogP contribution < -0.4 is 5.32 Å². The normalized spacial score (nSPS) is 16.1. The summed E-state index contributed by atoms with van der Waals surface area (Å²) < 4.78 is 0. The van der Waals surface area contributed by atoms with Gasteiger partial charge in [-0.25, -0.2) is 0 Å². The van der Waals surface area contributed by atoms with E-state index in [0.29, 0.717) is 6.04 Å². The van der Waals surface area contributed by atoms with Crippen LogP contribution in [0.2, 0.25) is 0 Å². The molecule has 1 aromatic heterocycles. The lowest BCUT2D eigenvalue weighted by Gasteiger charge is -2.28. The number of nitrogens with zero attached hydrogens (tertiary/aromatic N) is 1. The summed E-state index contributed by atoms with van der Waals surface area (Å²) in [5, 5.41) is 4.83. The Morgan fingerprint density at radius 3 is 2.94 bits per heavy atom. The lowest BCUT2D eigenvalue weighted by molar-refractivity contribution is 0.446. The van der Waals surface area contributed by atoms with Crippen LogP contribution in [0.15, 0.2) is 30.5 Å². The minimum absolute atomic E-state index is 0.659. The predicted molar refractivity (Wildman–Crippen MR) is 67.7 cm³/mol. The Bertz CT molecular complexity index is 515. The van der Waals surface area contributed by atoms with Gasteiger partial charge in [0.25, 0.3) is 0 Å². The first-order valence-electron chi connectivity index (χ1n) is 5.95. The second-order valence-corrected chi connectivity index (χ2v) is 4.66. The highest BCUT2D eigenvalue weighted by Crippen LogP contribution is 2.28. The summed E-state index contributed by atoms with van der Waals surface area (Å²) >= 11 is 0. The maximum atomic E-state index is 4.47. The van der Waals surface area contributed by atoms with E-state index in [4.69, 9.17) is 0 Å². The van der Waals surface area contributed by atoms with E-state index in [9.17, 15) is 0 Å². The lowest BCUT2D eigenvalue weighted by atomic mass is 9.92. The molecule has 0 spiro atoms. The van der Waals surface area contributed by atoms with Crippen LogP contribution in [-0.4, -0.2) is 11.0 Å². The van der Waals surface area contributed by atoms with E-state index in [0.717, 1.165) is 5.52 Å². The molecule has 0 bridgehead atoms. The van der Waals surface area contributed by atoms with Crippen molar-refractivity contribution in [3.05, 3.63) is 36.0 Å². The van der Waals surface area contributed by atoms with Crippen LogP contribution in [0, 0.1) is 6.92 Å². The van der Waals surface area contributed by atoms with Crippen molar-refractivity contribution >= 4 is 16.6 Å². The second-order valence-electron chi connectivity index (χ2n) is 4.66. The fraction of sp³-hybridized carbons (Fsp3) is 0.357. The zero-order chi connectivity index (χ0) is 11.0. The van der Waals surface area contributed by atoms with Gasteiger partial charge in [0.15, 0.2) is 0 Å². The van der Waals surface area contributed by atoms with E-state index in [-0.39, 0.29) is 0 Å². The number of fused-ring (bicyclic) bond motifs is 1. The largest absolute Gasteiger partial charge is 0.381 e. The monoisotopic (exact) mass is 212 g/mol. The maximum Gasteiger partial charge on any atom is 0.0933 e. The lowest BCUT2D eigenvalue weighted by Crippen LogP contribution is -2.27. The third-order valence-electron chi connectivity index (χ3n) is 3.31. The third-order valence-corrected chi connectivity index (χ3v) is 3.31. The maximum absolute atomic E-state index is 4.47. The van der Waals surface area contributed by atoms with Crippen LogP contribution in [0.5, 0.6) is 0 Å². The highest BCUT2D eigenvalue weighted by atomic mass is 14.9. The topological polar surface area (TPSA) is 24.9 Å². The van der Waals surface area contributed by atoms with E-state index < -0.39 is 0 Å². The fourth-order valence-corrected chi connectivity index (χ4v) is 2.22. The molecule has 16 heavy (non-hydrogen) atoms. The summed E-state index contributed by atoms with van der Waals surface area (Å²) in [6.45, 7) is 2.14. The first-order chi connectivity index (χ1) is 7.83. The van der Waals surface area contributed by atoms with Crippen molar-refractivity contribution in [2.75, 3.05) is 5.32 Å². The van der Waals surface area contributed by atoms with Crippen molar-refractivity contribution in [2.45, 2.75) is 32.2 Å². The SMILES string of the molecule is Cc1cc(NC2CCC2)c2ncccc2c1. The van der Waals surface area contributed by atoms with Gasteiger partial charge in [0.05, 0.1) is 11.2 Å². The molecular weight excluding hydrogens is 196 g/mol. The zero-order valence-corrected chi connectivity index (χ0v) is 9.53. The number of pyridine rings is 1. The van der Waals surface area contributed by atoms with Crippen LogP contribution in [0.1, 0.15) is 24.8 Å². The van der Waals surface area contributed by atoms with Crippen LogP contribution in [-0.2, 0) is 0 Å². The molecule has 0 aliphatic heterocycles. The molecule has 1 aliphatic carbocycles. The molecule has 2 aromatic rings. The van der Waals surface area contributed by atoms with E-state index in [1.807, 2.05) is 12.3 Å². The van der Waals surface area contributed by atoms with Gasteiger partial charge in [0.2, 0.25) is 0 Å². The molecule has 1 fully saturated rings. The van der Waals surface area contributed by atoms with Crippen LogP contribution in [0.4, 0.5) is 5.69 Å². The standard InChI is InChI=1S/C14H16N2/c1-10-8-11-4-3-7-15-14(11)13(9-10)16-12-5-2-6-12/h3-4,7-9,12,16H,2,5-6H2,1H3. The Kier molecular flexibility index (Phi) is 2.28. The van der Waals surface area contributed by atoms with Gasteiger partial charge in [-0.05, 0) is 49.9 Å². The van der Waals surface area contributed by atoms with Gasteiger partial charge in [0, 0.05) is 17.6 Å². The van der Waals surface area contributed by atoms with Crippen molar-refractivity contribution in [3.8, 4) is 0 Å². The Hall–Kier alpha value is -1.57. The van der Waals surface area contributed by atoms with Crippen molar-refractivity contribution in [1.82, 2.24) is 4.98 Å². The second kappa shape index (κ2) is 3.78. The molecule has 82 valence electrons. The first-order valence-corrected chi connectivity index (χ1v) is 5.95. The molecular formula is C14H16N2. The zero-order valence-electron chi connectivity index (χ0n) is 9.53. The van der Waals surface area contributed by atoms with E-state index >= 15 is 0 Å². The van der Waals surface area contributed by atoms with Crippen LogP contribution >= 0.6 is 0 Å². The molecule has 0 unspecified atom stereocenters. The molecule has 0 saturated heterocycles. The number of aromatic nitrogens is 1. The number of benzene rings is 1. The highest BCUT2D eigenvalue weighted by molar-refractivity contribution is 5.91. The quantitative estimate of drug-likeness (QED) is 0.824. The van der Waals surface area contributed by atoms with Gasteiger partial charge in [0.1, 0.15) is 0 Å². The summed E-state index contributed by atoms with van der Waals surface area (Å²) in [5.74, 6) is 0. The molecule has 1 aliphatic rings. The Morgan fingerprint density at radius 1 is 1.31 bits per heavy atom. The molecule has 1 N–H and O–H groups in total. The number of aryl methyl sites for hydroxylation is 1. The summed E-state index contributed by atoms with van der Waals surface area (Å²) in [6.07, 6.45) is 5.81. The summed E-state index contributed by atoms with van der Waals surface area (Å²) in [6, 6.07) is 9.17. The Morgan fingerprint density at radius 2 is 2.19 bits per heavy atom. The number of nitrogens with one attached hydrogen (secondary N) is 1. The van der Waals surface area contributed by atoms with Crippen LogP contribution in [0.3, 0.4) is 0 Å². The van der Waals surface area contributed by atoms with Crippen molar-refractivity contribution in [1.29, 1.82) is 0 Å². The third kappa shape index (κ3) is 1.64. The molecule has 2 heteroatoms. The number of hydrogen-bond donors (Lipinski definition) is 1. The highest BCUT2D eigenvalue weighted by Gasteiger charge is 2.17. The average molecular weight is 212 g/mol. The van der Waals surface area contributed by atoms with Gasteiger partial charge in [-0.3, -0.25) is 4.98 Å². The summed E-state index contributed by atoms with van der Waals surface area (Å²) in [5.41, 5.74) is 3.59. The number of anilines is 1. The van der Waals surface area contributed by atoms with E-state index in [2.05, 4.69) is 35.4 Å². The molecule has 1 saturated carbocycles. The van der Waals surface area contributed by atoms with Gasteiger partial charge in [-0.2, -0.15) is 0 Å². The molecule has 1 heterocycles. The number of hydrogen-bond acceptors (Lipinski definition) is 2. The number of rotatable bonds is 2. The van der Waals surface area contributed by atoms with E-state index in [1.165, 1.54) is 35.9 Å². The minimum atomic E-state index is 0.659. The predicted octanol–water partition coefficient (Wildman–Crippen LogP) is 3.51. The van der Waals surface area contributed by atoms with Crippen LogP contribution in [0.25, 0.3) is 10.9 Å². The van der Waals surface area contributed by atoms with Crippen molar-refractivity contribution in [2.24, 2.45) is 0 Å². The average Bonchev–Trinajstić information content (AvgIpc) is 2.23. The van der Waals surface area contributed by atoms with Gasteiger partial charge >= 0.3 is 0 Å². The molecule has 0 atom stereocenters. The van der Waals surface area contributed by atoms with E-state index in [1.54, 1.807) is 0 Å². The Labute approximate surface area is 95.7 Å². The molecule has 3 rings (SSSR count). The summed E-state index contributed by atoms with van der Waals surface area (Å²) in [4.78, 5) is 4.47. The molecule has 2 nitrogen and oxygen atoms in total. The smallest absolute Gasteiger partial charge is 0.0933 e.